The van der Waals surface area contributed by atoms with Gasteiger partial charge < -0.3 is 5.32 Å². The van der Waals surface area contributed by atoms with Gasteiger partial charge in [0, 0.05) is 33.7 Å². The zero-order valence-corrected chi connectivity index (χ0v) is 13.7. The number of benzene rings is 2. The van der Waals surface area contributed by atoms with E-state index in [9.17, 15) is 18.0 Å². The number of halogens is 3. The fourth-order valence-electron chi connectivity index (χ4n) is 3.14. The van der Waals surface area contributed by atoms with E-state index in [1.165, 1.54) is 17.4 Å². The Kier molecular flexibility index (Phi) is 3.84. The molecule has 6 heteroatoms. The van der Waals surface area contributed by atoms with Crippen molar-refractivity contribution in [3.63, 3.8) is 0 Å². The monoisotopic (exact) mass is 359 g/mol. The Morgan fingerprint density at radius 2 is 1.80 bits per heavy atom. The van der Waals surface area contributed by atoms with E-state index in [-0.39, 0.29) is 17.9 Å². The minimum atomic E-state index is -0.593. The first-order valence-corrected chi connectivity index (χ1v) is 8.53. The van der Waals surface area contributed by atoms with Crippen molar-refractivity contribution in [1.82, 2.24) is 0 Å². The zero-order valence-electron chi connectivity index (χ0n) is 12.9. The molecule has 25 heavy (non-hydrogen) atoms. The average molecular weight is 359 g/mol. The highest BCUT2D eigenvalue weighted by Crippen LogP contribution is 2.47. The fourth-order valence-corrected chi connectivity index (χ4v) is 4.28. The van der Waals surface area contributed by atoms with E-state index in [0.717, 1.165) is 18.2 Å². The van der Waals surface area contributed by atoms with Crippen molar-refractivity contribution in [2.75, 3.05) is 5.32 Å². The van der Waals surface area contributed by atoms with E-state index in [1.807, 2.05) is 0 Å². The summed E-state index contributed by atoms with van der Waals surface area (Å²) in [6.45, 7) is 0. The molecular formula is C19H12F3NOS. The third-order valence-electron chi connectivity index (χ3n) is 4.29. The standard InChI is InChI=1S/C19H12F3NOS/c20-10-5-6-16(22)12(7-10)13-8-17(24)23-18-14(9-25-19(13)18)11-3-1-2-4-15(11)21/h1-7,9,13H,8H2,(H,23,24). The molecule has 1 unspecified atom stereocenters. The van der Waals surface area contributed by atoms with E-state index in [0.29, 0.717) is 21.7 Å². The van der Waals surface area contributed by atoms with Gasteiger partial charge in [0.05, 0.1) is 5.69 Å². The highest BCUT2D eigenvalue weighted by atomic mass is 32.1. The number of rotatable bonds is 2. The molecule has 1 amide bonds. The summed E-state index contributed by atoms with van der Waals surface area (Å²) in [7, 11) is 0. The van der Waals surface area contributed by atoms with E-state index < -0.39 is 23.4 Å². The van der Waals surface area contributed by atoms with Crippen molar-refractivity contribution in [2.45, 2.75) is 12.3 Å². The SMILES string of the molecule is O=C1CC(c2cc(F)ccc2F)c2scc(-c3ccccc3F)c2N1. The lowest BCUT2D eigenvalue weighted by molar-refractivity contribution is -0.116. The summed E-state index contributed by atoms with van der Waals surface area (Å²) in [6, 6.07) is 9.47. The molecule has 0 saturated heterocycles. The van der Waals surface area contributed by atoms with Crippen LogP contribution in [0.15, 0.2) is 47.8 Å². The van der Waals surface area contributed by atoms with Gasteiger partial charge in [-0.15, -0.1) is 11.3 Å². The molecular weight excluding hydrogens is 347 g/mol. The molecule has 2 heterocycles. The first-order valence-electron chi connectivity index (χ1n) is 7.65. The van der Waals surface area contributed by atoms with Crippen molar-refractivity contribution in [1.29, 1.82) is 0 Å². The molecule has 4 rings (SSSR count). The summed E-state index contributed by atoms with van der Waals surface area (Å²) in [6.07, 6.45) is 0.0185. The Morgan fingerprint density at radius 3 is 2.60 bits per heavy atom. The summed E-state index contributed by atoms with van der Waals surface area (Å²) < 4.78 is 41.9. The summed E-state index contributed by atoms with van der Waals surface area (Å²) in [5.74, 6) is -2.43. The van der Waals surface area contributed by atoms with Crippen LogP contribution in [0.1, 0.15) is 22.8 Å². The first-order chi connectivity index (χ1) is 12.0. The van der Waals surface area contributed by atoms with Gasteiger partial charge in [-0.05, 0) is 29.8 Å². The lowest BCUT2D eigenvalue weighted by Crippen LogP contribution is -2.23. The van der Waals surface area contributed by atoms with Crippen LogP contribution >= 0.6 is 11.3 Å². The van der Waals surface area contributed by atoms with E-state index >= 15 is 0 Å². The zero-order chi connectivity index (χ0) is 17.6. The van der Waals surface area contributed by atoms with Gasteiger partial charge in [0.2, 0.25) is 5.91 Å². The summed E-state index contributed by atoms with van der Waals surface area (Å²) in [4.78, 5) is 12.9. The van der Waals surface area contributed by atoms with Crippen molar-refractivity contribution in [3.05, 3.63) is 75.7 Å². The Balaban J connectivity index is 1.87. The number of carbonyl (C=O) groups is 1. The Bertz CT molecular complexity index is 983. The summed E-state index contributed by atoms with van der Waals surface area (Å²) in [5.41, 5.74) is 1.52. The second-order valence-electron chi connectivity index (χ2n) is 5.84. The molecule has 0 saturated carbocycles. The van der Waals surface area contributed by atoms with Crippen molar-refractivity contribution in [3.8, 4) is 11.1 Å². The Morgan fingerprint density at radius 1 is 1.00 bits per heavy atom. The minimum absolute atomic E-state index is 0.0185. The summed E-state index contributed by atoms with van der Waals surface area (Å²) in [5, 5.41) is 4.49. The molecule has 2 aromatic carbocycles. The topological polar surface area (TPSA) is 29.1 Å². The predicted octanol–water partition coefficient (Wildman–Crippen LogP) is 5.31. The summed E-state index contributed by atoms with van der Waals surface area (Å²) >= 11 is 1.30. The van der Waals surface area contributed by atoms with Gasteiger partial charge in [-0.3, -0.25) is 4.79 Å². The number of carbonyl (C=O) groups excluding carboxylic acids is 1. The average Bonchev–Trinajstić information content (AvgIpc) is 3.00. The van der Waals surface area contributed by atoms with Gasteiger partial charge in [0.15, 0.2) is 0 Å². The Hall–Kier alpha value is -2.60. The third kappa shape index (κ3) is 2.72. The predicted molar refractivity (Wildman–Crippen MR) is 91.2 cm³/mol. The van der Waals surface area contributed by atoms with Crippen molar-refractivity contribution >= 4 is 22.9 Å². The maximum atomic E-state index is 14.2. The molecule has 0 bridgehead atoms. The third-order valence-corrected chi connectivity index (χ3v) is 5.38. The first kappa shape index (κ1) is 15.9. The van der Waals surface area contributed by atoms with Gasteiger partial charge in [0.25, 0.3) is 0 Å². The maximum absolute atomic E-state index is 14.2. The van der Waals surface area contributed by atoms with E-state index in [1.54, 1.807) is 23.6 Å². The number of thiophene rings is 1. The lowest BCUT2D eigenvalue weighted by atomic mass is 9.88. The van der Waals surface area contributed by atoms with Gasteiger partial charge in [-0.1, -0.05) is 18.2 Å². The highest BCUT2D eigenvalue weighted by molar-refractivity contribution is 7.11. The number of nitrogens with one attached hydrogen (secondary N) is 1. The maximum Gasteiger partial charge on any atom is 0.225 e. The number of fused-ring (bicyclic) bond motifs is 1. The molecule has 126 valence electrons. The van der Waals surface area contributed by atoms with Crippen molar-refractivity contribution < 1.29 is 18.0 Å². The molecule has 0 radical (unpaired) electrons. The van der Waals surface area contributed by atoms with Gasteiger partial charge in [0.1, 0.15) is 17.5 Å². The van der Waals surface area contributed by atoms with Crippen LogP contribution in [-0.2, 0) is 4.79 Å². The number of amides is 1. The number of anilines is 1. The smallest absolute Gasteiger partial charge is 0.225 e. The quantitative estimate of drug-likeness (QED) is 0.660. The van der Waals surface area contributed by atoms with E-state index in [2.05, 4.69) is 5.32 Å². The molecule has 0 aliphatic carbocycles. The van der Waals surface area contributed by atoms with Crippen molar-refractivity contribution in [2.24, 2.45) is 0 Å². The molecule has 1 atom stereocenters. The molecule has 1 aliphatic heterocycles. The van der Waals surface area contributed by atoms with Crippen LogP contribution in [0.5, 0.6) is 0 Å². The number of hydrogen-bond acceptors (Lipinski definition) is 2. The van der Waals surface area contributed by atoms with Crippen LogP contribution in [0.2, 0.25) is 0 Å². The lowest BCUT2D eigenvalue weighted by Gasteiger charge is -2.24. The van der Waals surface area contributed by atoms with Gasteiger partial charge in [-0.25, -0.2) is 13.2 Å². The van der Waals surface area contributed by atoms with Crippen LogP contribution in [0.3, 0.4) is 0 Å². The van der Waals surface area contributed by atoms with Crippen LogP contribution in [0, 0.1) is 17.5 Å². The van der Waals surface area contributed by atoms with Crippen LogP contribution in [-0.4, -0.2) is 5.91 Å². The van der Waals surface area contributed by atoms with E-state index in [4.69, 9.17) is 0 Å². The molecule has 2 nitrogen and oxygen atoms in total. The molecule has 0 fully saturated rings. The second kappa shape index (κ2) is 6.04. The minimum Gasteiger partial charge on any atom is -0.325 e. The van der Waals surface area contributed by atoms with Crippen LogP contribution in [0.25, 0.3) is 11.1 Å². The van der Waals surface area contributed by atoms with Crippen LogP contribution < -0.4 is 5.32 Å². The second-order valence-corrected chi connectivity index (χ2v) is 6.75. The number of hydrogen-bond donors (Lipinski definition) is 1. The fraction of sp³-hybridized carbons (Fsp3) is 0.105. The van der Waals surface area contributed by atoms with Crippen LogP contribution in [0.4, 0.5) is 18.9 Å². The van der Waals surface area contributed by atoms with Gasteiger partial charge in [-0.2, -0.15) is 0 Å². The molecule has 1 N–H and O–H groups in total. The Labute approximate surface area is 145 Å². The highest BCUT2D eigenvalue weighted by Gasteiger charge is 2.32. The molecule has 1 aliphatic rings. The molecule has 3 aromatic rings. The molecule has 1 aromatic heterocycles. The normalized spacial score (nSPS) is 16.4. The molecule has 0 spiro atoms. The largest absolute Gasteiger partial charge is 0.325 e. The van der Waals surface area contributed by atoms with Gasteiger partial charge >= 0.3 is 0 Å².